The second kappa shape index (κ2) is 7.03. The smallest absolute Gasteiger partial charge is 0.255 e. The van der Waals surface area contributed by atoms with Crippen LogP contribution in [0.15, 0.2) is 17.2 Å². The predicted octanol–water partition coefficient (Wildman–Crippen LogP) is 0.0494. The average Bonchev–Trinajstić information content (AvgIpc) is 2.28. The number of hydrogen-bond donors (Lipinski definition) is 1. The van der Waals surface area contributed by atoms with Crippen LogP contribution in [-0.4, -0.2) is 35.7 Å². The molecule has 7 heteroatoms. The highest BCUT2D eigenvalue weighted by molar-refractivity contribution is 6.29. The summed E-state index contributed by atoms with van der Waals surface area (Å²) in [6.45, 7) is 1.04. The van der Waals surface area contributed by atoms with Crippen molar-refractivity contribution in [2.45, 2.75) is 13.0 Å². The number of amides is 1. The Kier molecular flexibility index (Phi) is 5.65. The first-order valence-electron chi connectivity index (χ1n) is 5.11. The van der Waals surface area contributed by atoms with E-state index in [0.29, 0.717) is 13.2 Å². The summed E-state index contributed by atoms with van der Waals surface area (Å²) in [5, 5.41) is 2.79. The van der Waals surface area contributed by atoms with Crippen molar-refractivity contribution in [3.63, 3.8) is 0 Å². The lowest BCUT2D eigenvalue weighted by atomic mass is 10.4. The molecular formula is C10H14ClN3O3. The van der Waals surface area contributed by atoms with Gasteiger partial charge in [0.05, 0.1) is 6.33 Å². The van der Waals surface area contributed by atoms with E-state index < -0.39 is 0 Å². The second-order valence-corrected chi connectivity index (χ2v) is 3.76. The molecule has 0 atom stereocenters. The van der Waals surface area contributed by atoms with Crippen molar-refractivity contribution in [3.8, 4) is 0 Å². The first-order chi connectivity index (χ1) is 8.13. The van der Waals surface area contributed by atoms with Gasteiger partial charge in [-0.25, -0.2) is 4.98 Å². The van der Waals surface area contributed by atoms with E-state index in [2.05, 4.69) is 10.3 Å². The van der Waals surface area contributed by atoms with Crippen LogP contribution in [0, 0.1) is 0 Å². The minimum absolute atomic E-state index is 0.0595. The number of methoxy groups -OCH3 is 1. The van der Waals surface area contributed by atoms with Crippen molar-refractivity contribution in [2.24, 2.45) is 0 Å². The Labute approximate surface area is 104 Å². The van der Waals surface area contributed by atoms with Crippen LogP contribution in [0.2, 0.25) is 5.15 Å². The molecule has 0 spiro atoms. The van der Waals surface area contributed by atoms with Crippen molar-refractivity contribution in [1.29, 1.82) is 0 Å². The third kappa shape index (κ3) is 4.97. The van der Waals surface area contributed by atoms with Gasteiger partial charge in [-0.3, -0.25) is 14.2 Å². The highest BCUT2D eigenvalue weighted by Gasteiger charge is 2.04. The van der Waals surface area contributed by atoms with Crippen LogP contribution in [0.4, 0.5) is 0 Å². The Morgan fingerprint density at radius 3 is 3.06 bits per heavy atom. The molecule has 17 heavy (non-hydrogen) atoms. The molecule has 1 amide bonds. The van der Waals surface area contributed by atoms with E-state index in [1.807, 2.05) is 0 Å². The zero-order chi connectivity index (χ0) is 12.7. The standard InChI is InChI=1S/C10H14ClN3O3/c1-17-4-2-3-12-9(15)6-14-7-13-8(11)5-10(14)16/h5,7H,2-4,6H2,1H3,(H,12,15). The number of nitrogens with one attached hydrogen (secondary N) is 1. The van der Waals surface area contributed by atoms with Crippen LogP contribution in [0.25, 0.3) is 0 Å². The lowest BCUT2D eigenvalue weighted by molar-refractivity contribution is -0.121. The van der Waals surface area contributed by atoms with Gasteiger partial charge in [0.15, 0.2) is 0 Å². The molecule has 6 nitrogen and oxygen atoms in total. The van der Waals surface area contributed by atoms with Gasteiger partial charge in [0.25, 0.3) is 5.56 Å². The molecule has 0 bridgehead atoms. The van der Waals surface area contributed by atoms with Crippen molar-refractivity contribution < 1.29 is 9.53 Å². The Morgan fingerprint density at radius 2 is 2.41 bits per heavy atom. The Bertz CT molecular complexity index is 433. The van der Waals surface area contributed by atoms with Crippen LogP contribution in [-0.2, 0) is 16.1 Å². The highest BCUT2D eigenvalue weighted by Crippen LogP contribution is 1.96. The molecule has 1 N–H and O–H groups in total. The number of ether oxygens (including phenoxy) is 1. The van der Waals surface area contributed by atoms with E-state index in [1.54, 1.807) is 7.11 Å². The largest absolute Gasteiger partial charge is 0.385 e. The molecule has 0 aliphatic rings. The van der Waals surface area contributed by atoms with Gasteiger partial charge >= 0.3 is 0 Å². The van der Waals surface area contributed by atoms with E-state index in [1.165, 1.54) is 17.0 Å². The molecule has 0 radical (unpaired) electrons. The summed E-state index contributed by atoms with van der Waals surface area (Å²) < 4.78 is 6.04. The Hall–Kier alpha value is -1.40. The quantitative estimate of drug-likeness (QED) is 0.579. The fourth-order valence-corrected chi connectivity index (χ4v) is 1.31. The molecule has 94 valence electrons. The molecule has 0 saturated carbocycles. The Morgan fingerprint density at radius 1 is 1.65 bits per heavy atom. The number of nitrogens with zero attached hydrogens (tertiary/aromatic N) is 2. The van der Waals surface area contributed by atoms with Gasteiger partial charge in [0.1, 0.15) is 11.7 Å². The van der Waals surface area contributed by atoms with Crippen LogP contribution in [0.5, 0.6) is 0 Å². The highest BCUT2D eigenvalue weighted by atomic mass is 35.5. The van der Waals surface area contributed by atoms with Crippen LogP contribution in [0.1, 0.15) is 6.42 Å². The number of aromatic nitrogens is 2. The van der Waals surface area contributed by atoms with Crippen LogP contribution in [0.3, 0.4) is 0 Å². The molecular weight excluding hydrogens is 246 g/mol. The SMILES string of the molecule is COCCCNC(=O)Cn1cnc(Cl)cc1=O. The lowest BCUT2D eigenvalue weighted by Gasteiger charge is -2.06. The van der Waals surface area contributed by atoms with Crippen molar-refractivity contribution in [1.82, 2.24) is 14.9 Å². The summed E-state index contributed by atoms with van der Waals surface area (Å²) in [7, 11) is 1.60. The third-order valence-corrected chi connectivity index (χ3v) is 2.21. The minimum atomic E-state index is -0.350. The zero-order valence-electron chi connectivity index (χ0n) is 9.48. The molecule has 0 saturated heterocycles. The monoisotopic (exact) mass is 259 g/mol. The van der Waals surface area contributed by atoms with E-state index in [9.17, 15) is 9.59 Å². The van der Waals surface area contributed by atoms with Crippen LogP contribution < -0.4 is 10.9 Å². The summed E-state index contributed by atoms with van der Waals surface area (Å²) in [4.78, 5) is 26.6. The fourth-order valence-electron chi connectivity index (χ4n) is 1.18. The zero-order valence-corrected chi connectivity index (χ0v) is 10.2. The molecule has 0 unspecified atom stereocenters. The maximum Gasteiger partial charge on any atom is 0.255 e. The summed E-state index contributed by atoms with van der Waals surface area (Å²) in [6, 6.07) is 1.17. The van der Waals surface area contributed by atoms with E-state index >= 15 is 0 Å². The Balaban J connectivity index is 2.43. The average molecular weight is 260 g/mol. The number of carbonyl (C=O) groups excluding carboxylic acids is 1. The number of rotatable bonds is 6. The molecule has 0 aliphatic heterocycles. The predicted molar refractivity (Wildman–Crippen MR) is 63.0 cm³/mol. The summed E-state index contributed by atoms with van der Waals surface area (Å²) in [5.41, 5.74) is -0.350. The van der Waals surface area contributed by atoms with Gasteiger partial charge < -0.3 is 10.1 Å². The van der Waals surface area contributed by atoms with E-state index in [0.717, 1.165) is 6.42 Å². The second-order valence-electron chi connectivity index (χ2n) is 3.37. The summed E-state index contributed by atoms with van der Waals surface area (Å²) >= 11 is 5.53. The first kappa shape index (κ1) is 13.7. The van der Waals surface area contributed by atoms with Crippen molar-refractivity contribution >= 4 is 17.5 Å². The van der Waals surface area contributed by atoms with Gasteiger partial charge in [0.2, 0.25) is 5.91 Å². The summed E-state index contributed by atoms with van der Waals surface area (Å²) in [5.74, 6) is -0.243. The van der Waals surface area contributed by atoms with Gasteiger partial charge in [-0.1, -0.05) is 11.6 Å². The number of halogens is 1. The fraction of sp³-hybridized carbons (Fsp3) is 0.500. The maximum atomic E-state index is 11.4. The van der Waals surface area contributed by atoms with Crippen molar-refractivity contribution in [2.75, 3.05) is 20.3 Å². The molecule has 1 aromatic heterocycles. The van der Waals surface area contributed by atoms with Gasteiger partial charge in [-0.05, 0) is 6.42 Å². The van der Waals surface area contributed by atoms with E-state index in [4.69, 9.17) is 16.3 Å². The summed E-state index contributed by atoms with van der Waals surface area (Å²) in [6.07, 6.45) is 1.98. The molecule has 1 heterocycles. The molecule has 0 fully saturated rings. The number of hydrogen-bond acceptors (Lipinski definition) is 4. The number of carbonyl (C=O) groups is 1. The minimum Gasteiger partial charge on any atom is -0.385 e. The first-order valence-corrected chi connectivity index (χ1v) is 5.49. The third-order valence-electron chi connectivity index (χ3n) is 2.01. The molecule has 1 aromatic rings. The van der Waals surface area contributed by atoms with Crippen LogP contribution >= 0.6 is 11.6 Å². The van der Waals surface area contributed by atoms with Gasteiger partial charge in [-0.2, -0.15) is 0 Å². The molecule has 1 rings (SSSR count). The van der Waals surface area contributed by atoms with Crippen molar-refractivity contribution in [3.05, 3.63) is 27.9 Å². The topological polar surface area (TPSA) is 73.2 Å². The van der Waals surface area contributed by atoms with E-state index in [-0.39, 0.29) is 23.2 Å². The molecule has 0 aromatic carbocycles. The van der Waals surface area contributed by atoms with Gasteiger partial charge in [-0.15, -0.1) is 0 Å². The lowest BCUT2D eigenvalue weighted by Crippen LogP contribution is -2.33. The molecule has 0 aliphatic carbocycles. The maximum absolute atomic E-state index is 11.4. The normalized spacial score (nSPS) is 10.2. The van der Waals surface area contributed by atoms with Gasteiger partial charge in [0, 0.05) is 26.3 Å².